The largest absolute Gasteiger partial charge is 0.360 e. The van der Waals surface area contributed by atoms with E-state index in [2.05, 4.69) is 21.3 Å². The van der Waals surface area contributed by atoms with Gasteiger partial charge in [0.1, 0.15) is 0 Å². The Hall–Kier alpha value is -2.84. The van der Waals surface area contributed by atoms with Crippen LogP contribution < -0.4 is 5.32 Å². The van der Waals surface area contributed by atoms with Gasteiger partial charge in [-0.15, -0.1) is 0 Å². The number of carbonyl (C=O) groups is 1. The van der Waals surface area contributed by atoms with Crippen LogP contribution in [0.25, 0.3) is 10.9 Å². The number of aromatic nitrogens is 1. The van der Waals surface area contributed by atoms with Gasteiger partial charge in [-0.2, -0.15) is 11.8 Å². The number of nitro groups is 1. The zero-order valence-electron chi connectivity index (χ0n) is 16.1. The van der Waals surface area contributed by atoms with Gasteiger partial charge in [-0.1, -0.05) is 12.1 Å². The Morgan fingerprint density at radius 3 is 2.83 bits per heavy atom. The molecule has 8 heteroatoms. The van der Waals surface area contributed by atoms with E-state index in [9.17, 15) is 14.9 Å². The van der Waals surface area contributed by atoms with Gasteiger partial charge in [0.25, 0.3) is 11.6 Å². The number of thioether (sulfide) groups is 1. The quantitative estimate of drug-likeness (QED) is 0.486. The lowest BCUT2D eigenvalue weighted by molar-refractivity contribution is -0.384. The molecule has 29 heavy (non-hydrogen) atoms. The topological polar surface area (TPSA) is 91.3 Å². The second-order valence-electron chi connectivity index (χ2n) is 7.12. The molecule has 0 spiro atoms. The number of H-pyrrole nitrogens is 1. The maximum Gasteiger partial charge on any atom is 0.270 e. The molecular formula is C21H22N4O3S. The molecule has 1 aliphatic heterocycles. The molecule has 0 radical (unpaired) electrons. The van der Waals surface area contributed by atoms with Crippen molar-refractivity contribution in [1.82, 2.24) is 9.88 Å². The van der Waals surface area contributed by atoms with Gasteiger partial charge in [0.05, 0.1) is 10.5 Å². The molecule has 1 fully saturated rings. The van der Waals surface area contributed by atoms with Crippen molar-refractivity contribution in [2.45, 2.75) is 13.5 Å². The number of amides is 1. The van der Waals surface area contributed by atoms with Crippen LogP contribution in [0.1, 0.15) is 21.5 Å². The first kappa shape index (κ1) is 19.5. The number of hydrogen-bond acceptors (Lipinski definition) is 5. The predicted molar refractivity (Wildman–Crippen MR) is 117 cm³/mol. The van der Waals surface area contributed by atoms with E-state index >= 15 is 0 Å². The molecule has 2 N–H and O–H groups in total. The number of fused-ring (bicyclic) bond motifs is 1. The number of benzene rings is 2. The average molecular weight is 410 g/mol. The molecule has 0 unspecified atom stereocenters. The Morgan fingerprint density at radius 1 is 1.28 bits per heavy atom. The lowest BCUT2D eigenvalue weighted by Crippen LogP contribution is -2.32. The summed E-state index contributed by atoms with van der Waals surface area (Å²) in [5.74, 6) is 2.02. The number of nitro benzene ring substituents is 1. The number of anilines is 1. The monoisotopic (exact) mass is 410 g/mol. The summed E-state index contributed by atoms with van der Waals surface area (Å²) in [6, 6.07) is 10.4. The molecular weight excluding hydrogens is 388 g/mol. The van der Waals surface area contributed by atoms with Crippen molar-refractivity contribution in [3.8, 4) is 0 Å². The van der Waals surface area contributed by atoms with E-state index in [1.807, 2.05) is 30.8 Å². The summed E-state index contributed by atoms with van der Waals surface area (Å²) in [5, 5.41) is 14.6. The Morgan fingerprint density at radius 2 is 2.07 bits per heavy atom. The molecule has 1 amide bonds. The minimum Gasteiger partial charge on any atom is -0.360 e. The summed E-state index contributed by atoms with van der Waals surface area (Å²) >= 11 is 1.98. The van der Waals surface area contributed by atoms with E-state index < -0.39 is 4.92 Å². The van der Waals surface area contributed by atoms with Crippen molar-refractivity contribution >= 4 is 39.9 Å². The number of non-ortho nitro benzene ring substituents is 1. The summed E-state index contributed by atoms with van der Waals surface area (Å²) in [6.45, 7) is 5.04. The maximum absolute atomic E-state index is 12.9. The average Bonchev–Trinajstić information content (AvgIpc) is 3.15. The number of nitrogens with one attached hydrogen (secondary N) is 2. The first-order valence-corrected chi connectivity index (χ1v) is 10.6. The normalized spacial score (nSPS) is 14.8. The van der Waals surface area contributed by atoms with Gasteiger partial charge in [-0.3, -0.25) is 19.8 Å². The second kappa shape index (κ2) is 8.26. The van der Waals surface area contributed by atoms with Gasteiger partial charge >= 0.3 is 0 Å². The molecule has 1 saturated heterocycles. The molecule has 0 bridgehead atoms. The van der Waals surface area contributed by atoms with Gasteiger partial charge in [0, 0.05) is 66.1 Å². The van der Waals surface area contributed by atoms with E-state index in [1.165, 1.54) is 17.7 Å². The van der Waals surface area contributed by atoms with Crippen LogP contribution >= 0.6 is 11.8 Å². The Kier molecular flexibility index (Phi) is 5.55. The number of carbonyl (C=O) groups excluding carboxylic acids is 1. The van der Waals surface area contributed by atoms with Crippen molar-refractivity contribution in [3.05, 3.63) is 69.4 Å². The van der Waals surface area contributed by atoms with E-state index in [4.69, 9.17) is 0 Å². The fourth-order valence-corrected chi connectivity index (χ4v) is 4.57. The van der Waals surface area contributed by atoms with Gasteiger partial charge in [-0.25, -0.2) is 0 Å². The highest BCUT2D eigenvalue weighted by Crippen LogP contribution is 2.26. The van der Waals surface area contributed by atoms with Crippen molar-refractivity contribution in [2.75, 3.05) is 29.9 Å². The first-order valence-electron chi connectivity index (χ1n) is 9.48. The maximum atomic E-state index is 12.9. The van der Waals surface area contributed by atoms with Crippen LogP contribution in [0.2, 0.25) is 0 Å². The van der Waals surface area contributed by atoms with Crippen molar-refractivity contribution in [1.29, 1.82) is 0 Å². The molecule has 2 heterocycles. The SMILES string of the molecule is Cc1c(CN2CCSCC2)cccc1NC(=O)c1c[nH]c2ccc([N+](=O)[O-])cc12. The summed E-state index contributed by atoms with van der Waals surface area (Å²) in [5.41, 5.74) is 4.05. The second-order valence-corrected chi connectivity index (χ2v) is 8.35. The zero-order valence-corrected chi connectivity index (χ0v) is 16.9. The predicted octanol–water partition coefficient (Wildman–Crippen LogP) is 4.19. The van der Waals surface area contributed by atoms with Crippen LogP contribution in [-0.4, -0.2) is 45.3 Å². The highest BCUT2D eigenvalue weighted by Gasteiger charge is 2.18. The van der Waals surface area contributed by atoms with Gasteiger partial charge in [0.15, 0.2) is 0 Å². The summed E-state index contributed by atoms with van der Waals surface area (Å²) < 4.78 is 0. The molecule has 3 aromatic rings. The van der Waals surface area contributed by atoms with Gasteiger partial charge in [0.2, 0.25) is 0 Å². The third-order valence-electron chi connectivity index (χ3n) is 5.31. The highest BCUT2D eigenvalue weighted by molar-refractivity contribution is 7.99. The fraction of sp³-hybridized carbons (Fsp3) is 0.286. The molecule has 150 valence electrons. The zero-order chi connectivity index (χ0) is 20.4. The van der Waals surface area contributed by atoms with Crippen molar-refractivity contribution in [2.24, 2.45) is 0 Å². The molecule has 1 aromatic heterocycles. The lowest BCUT2D eigenvalue weighted by atomic mass is 10.1. The fourth-order valence-electron chi connectivity index (χ4n) is 3.59. The molecule has 7 nitrogen and oxygen atoms in total. The van der Waals surface area contributed by atoms with Crippen LogP contribution in [0.4, 0.5) is 11.4 Å². The molecule has 0 saturated carbocycles. The minimum atomic E-state index is -0.457. The van der Waals surface area contributed by atoms with Gasteiger partial charge in [-0.05, 0) is 30.2 Å². The summed E-state index contributed by atoms with van der Waals surface area (Å²) in [7, 11) is 0. The Balaban J connectivity index is 1.57. The van der Waals surface area contributed by atoms with Crippen LogP contribution in [0.3, 0.4) is 0 Å². The molecule has 0 atom stereocenters. The van der Waals surface area contributed by atoms with Crippen molar-refractivity contribution < 1.29 is 9.72 Å². The first-order chi connectivity index (χ1) is 14.0. The van der Waals surface area contributed by atoms with Crippen LogP contribution in [0.5, 0.6) is 0 Å². The number of rotatable bonds is 5. The third kappa shape index (κ3) is 4.13. The molecule has 1 aliphatic rings. The standard InChI is InChI=1S/C21H22N4O3S/c1-14-15(13-24-7-9-29-10-8-24)3-2-4-19(14)23-21(26)18-12-22-20-6-5-16(25(27)28)11-17(18)20/h2-6,11-12,22H,7-10,13H2,1H3,(H,23,26). The molecule has 2 aromatic carbocycles. The van der Waals surface area contributed by atoms with Crippen LogP contribution in [0.15, 0.2) is 42.6 Å². The number of aromatic amines is 1. The smallest absolute Gasteiger partial charge is 0.270 e. The minimum absolute atomic E-state index is 0.0379. The summed E-state index contributed by atoms with van der Waals surface area (Å²) in [4.78, 5) is 29.0. The number of hydrogen-bond donors (Lipinski definition) is 2. The number of nitrogens with zero attached hydrogens (tertiary/aromatic N) is 2. The van der Waals surface area contributed by atoms with Gasteiger partial charge < -0.3 is 10.3 Å². The molecule has 0 aliphatic carbocycles. The Labute approximate surface area is 172 Å². The van der Waals surface area contributed by atoms with E-state index in [0.29, 0.717) is 16.5 Å². The van der Waals surface area contributed by atoms with E-state index in [0.717, 1.165) is 42.4 Å². The Bertz CT molecular complexity index is 1070. The van der Waals surface area contributed by atoms with Crippen LogP contribution in [0, 0.1) is 17.0 Å². The van der Waals surface area contributed by atoms with E-state index in [1.54, 1.807) is 12.3 Å². The lowest BCUT2D eigenvalue weighted by Gasteiger charge is -2.27. The third-order valence-corrected chi connectivity index (χ3v) is 6.26. The van der Waals surface area contributed by atoms with Crippen molar-refractivity contribution in [3.63, 3.8) is 0 Å². The van der Waals surface area contributed by atoms with E-state index in [-0.39, 0.29) is 11.6 Å². The van der Waals surface area contributed by atoms with Crippen LogP contribution in [-0.2, 0) is 6.54 Å². The molecule has 4 rings (SSSR count). The highest BCUT2D eigenvalue weighted by atomic mass is 32.2. The summed E-state index contributed by atoms with van der Waals surface area (Å²) in [6.07, 6.45) is 1.59.